The summed E-state index contributed by atoms with van der Waals surface area (Å²) in [7, 11) is 0. The molecule has 0 radical (unpaired) electrons. The quantitative estimate of drug-likeness (QED) is 0.492. The first-order valence-electron chi connectivity index (χ1n) is 9.93. The number of carbonyl (C=O) groups is 1. The van der Waals surface area contributed by atoms with Gasteiger partial charge in [0.05, 0.1) is 0 Å². The summed E-state index contributed by atoms with van der Waals surface area (Å²) in [6.07, 6.45) is 6.61. The van der Waals surface area contributed by atoms with Crippen molar-refractivity contribution in [2.24, 2.45) is 11.8 Å². The zero-order valence-electron chi connectivity index (χ0n) is 16.2. The highest BCUT2D eigenvalue weighted by atomic mass is 16.5. The molecule has 0 aliphatic heterocycles. The van der Waals surface area contributed by atoms with Crippen LogP contribution in [-0.2, 0) is 0 Å². The first-order valence-corrected chi connectivity index (χ1v) is 9.93. The van der Waals surface area contributed by atoms with Crippen LogP contribution in [0.1, 0.15) is 67.8 Å². The molecule has 1 fully saturated rings. The average Bonchev–Trinajstić information content (AvgIpc) is 2.70. The van der Waals surface area contributed by atoms with Crippen molar-refractivity contribution in [2.45, 2.75) is 51.9 Å². The van der Waals surface area contributed by atoms with E-state index >= 15 is 0 Å². The second-order valence-corrected chi connectivity index (χ2v) is 7.69. The molecule has 1 amide bonds. The Hall–Kier alpha value is -2.33. The topological polar surface area (TPSA) is 58.6 Å². The molecule has 0 heterocycles. The summed E-state index contributed by atoms with van der Waals surface area (Å²) in [5.41, 5.74) is 3.41. The van der Waals surface area contributed by atoms with Gasteiger partial charge in [0.15, 0.2) is 0 Å². The van der Waals surface area contributed by atoms with E-state index in [-0.39, 0.29) is 0 Å². The lowest BCUT2D eigenvalue weighted by molar-refractivity contribution is 0.0706. The Kier molecular flexibility index (Phi) is 6.51. The van der Waals surface area contributed by atoms with Crippen molar-refractivity contribution in [2.75, 3.05) is 0 Å². The van der Waals surface area contributed by atoms with E-state index in [4.69, 9.17) is 9.94 Å². The van der Waals surface area contributed by atoms with Gasteiger partial charge >= 0.3 is 0 Å². The molecule has 2 aromatic rings. The van der Waals surface area contributed by atoms with E-state index < -0.39 is 5.91 Å². The molecule has 144 valence electrons. The number of ether oxygens (including phenoxy) is 1. The summed E-state index contributed by atoms with van der Waals surface area (Å²) in [6.45, 7) is 4.66. The van der Waals surface area contributed by atoms with E-state index in [9.17, 15) is 4.79 Å². The molecule has 0 bridgehead atoms. The van der Waals surface area contributed by atoms with Crippen molar-refractivity contribution in [3.63, 3.8) is 0 Å². The zero-order valence-corrected chi connectivity index (χ0v) is 16.2. The van der Waals surface area contributed by atoms with Crippen LogP contribution in [0.2, 0.25) is 0 Å². The van der Waals surface area contributed by atoms with Crippen LogP contribution in [0.3, 0.4) is 0 Å². The minimum Gasteiger partial charge on any atom is -0.457 e. The molecule has 0 spiro atoms. The Morgan fingerprint density at radius 3 is 2.30 bits per heavy atom. The molecule has 0 saturated heterocycles. The molecule has 1 saturated carbocycles. The van der Waals surface area contributed by atoms with Crippen LogP contribution in [0, 0.1) is 11.8 Å². The molecule has 3 atom stereocenters. The lowest BCUT2D eigenvalue weighted by Crippen LogP contribution is -2.21. The van der Waals surface area contributed by atoms with Gasteiger partial charge < -0.3 is 4.74 Å². The van der Waals surface area contributed by atoms with Crippen LogP contribution < -0.4 is 10.2 Å². The second kappa shape index (κ2) is 9.05. The Bertz CT molecular complexity index is 739. The maximum Gasteiger partial charge on any atom is 0.274 e. The van der Waals surface area contributed by atoms with Crippen molar-refractivity contribution >= 4 is 5.91 Å². The molecule has 3 rings (SSSR count). The van der Waals surface area contributed by atoms with Crippen molar-refractivity contribution in [3.8, 4) is 11.5 Å². The van der Waals surface area contributed by atoms with Gasteiger partial charge in [-0.25, -0.2) is 5.48 Å². The summed E-state index contributed by atoms with van der Waals surface area (Å²) >= 11 is 0. The van der Waals surface area contributed by atoms with Crippen molar-refractivity contribution in [1.82, 2.24) is 5.48 Å². The van der Waals surface area contributed by atoms with Crippen LogP contribution >= 0.6 is 0 Å². The van der Waals surface area contributed by atoms with Gasteiger partial charge in [-0.15, -0.1) is 0 Å². The van der Waals surface area contributed by atoms with Gasteiger partial charge in [0.2, 0.25) is 0 Å². The third-order valence-electron chi connectivity index (χ3n) is 5.76. The monoisotopic (exact) mass is 367 g/mol. The van der Waals surface area contributed by atoms with E-state index in [0.29, 0.717) is 17.2 Å². The highest BCUT2D eigenvalue weighted by molar-refractivity contribution is 5.93. The molecule has 2 aromatic carbocycles. The molecule has 1 aliphatic carbocycles. The maximum atomic E-state index is 11.4. The number of benzene rings is 2. The van der Waals surface area contributed by atoms with Gasteiger partial charge in [-0.2, -0.15) is 0 Å². The lowest BCUT2D eigenvalue weighted by Gasteiger charge is -2.34. The maximum absolute atomic E-state index is 11.4. The molecule has 3 unspecified atom stereocenters. The largest absolute Gasteiger partial charge is 0.457 e. The molecule has 2 N–H and O–H groups in total. The Balaban J connectivity index is 1.65. The summed E-state index contributed by atoms with van der Waals surface area (Å²) in [5, 5.41) is 8.66. The summed E-state index contributed by atoms with van der Waals surface area (Å²) < 4.78 is 5.88. The third-order valence-corrected chi connectivity index (χ3v) is 5.76. The van der Waals surface area contributed by atoms with Gasteiger partial charge in [0, 0.05) is 5.56 Å². The van der Waals surface area contributed by atoms with Crippen LogP contribution in [0.25, 0.3) is 0 Å². The highest BCUT2D eigenvalue weighted by Crippen LogP contribution is 2.42. The number of hydrogen-bond donors (Lipinski definition) is 2. The second-order valence-electron chi connectivity index (χ2n) is 7.69. The number of nitrogens with one attached hydrogen (secondary N) is 1. The van der Waals surface area contributed by atoms with Crippen LogP contribution in [0.5, 0.6) is 11.5 Å². The van der Waals surface area contributed by atoms with E-state index in [0.717, 1.165) is 17.6 Å². The van der Waals surface area contributed by atoms with Crippen molar-refractivity contribution in [3.05, 3.63) is 59.7 Å². The summed E-state index contributed by atoms with van der Waals surface area (Å²) in [4.78, 5) is 11.4. The van der Waals surface area contributed by atoms with Crippen LogP contribution in [-0.4, -0.2) is 11.1 Å². The fraction of sp³-hybridized carbons (Fsp3) is 0.435. The minimum absolute atomic E-state index is 0.383. The average molecular weight is 367 g/mol. The standard InChI is InChI=1S/C23H29NO3/c1-3-4-17-6-5-16(2)22(15-17)18-7-11-20(12-8-18)27-21-13-9-19(10-14-21)23(25)24-26/h7-14,16-17,22,26H,3-6,15H2,1-2H3,(H,24,25). The minimum atomic E-state index is -0.533. The molecule has 4 heteroatoms. The summed E-state index contributed by atoms with van der Waals surface area (Å²) in [5.74, 6) is 3.14. The number of amides is 1. The van der Waals surface area contributed by atoms with Crippen molar-refractivity contribution < 1.29 is 14.7 Å². The van der Waals surface area contributed by atoms with Crippen LogP contribution in [0.15, 0.2) is 48.5 Å². The van der Waals surface area contributed by atoms with E-state index in [2.05, 4.69) is 26.0 Å². The fourth-order valence-electron chi connectivity index (χ4n) is 4.20. The van der Waals surface area contributed by atoms with Gasteiger partial charge in [0.1, 0.15) is 11.5 Å². The fourth-order valence-corrected chi connectivity index (χ4v) is 4.20. The van der Waals surface area contributed by atoms with E-state index in [1.54, 1.807) is 29.7 Å². The Morgan fingerprint density at radius 2 is 1.70 bits per heavy atom. The summed E-state index contributed by atoms with van der Waals surface area (Å²) in [6, 6.07) is 15.1. The highest BCUT2D eigenvalue weighted by Gasteiger charge is 2.28. The molecule has 27 heavy (non-hydrogen) atoms. The predicted molar refractivity (Wildman–Crippen MR) is 106 cm³/mol. The molecular formula is C23H29NO3. The Morgan fingerprint density at radius 1 is 1.07 bits per heavy atom. The number of carbonyl (C=O) groups excluding carboxylic acids is 1. The third kappa shape index (κ3) is 4.89. The van der Waals surface area contributed by atoms with Crippen LogP contribution in [0.4, 0.5) is 0 Å². The number of hydrogen-bond acceptors (Lipinski definition) is 3. The predicted octanol–water partition coefficient (Wildman–Crippen LogP) is 5.92. The molecular weight excluding hydrogens is 338 g/mol. The lowest BCUT2D eigenvalue weighted by atomic mass is 9.71. The SMILES string of the molecule is CCCC1CCC(C)C(c2ccc(Oc3ccc(C(=O)NO)cc3)cc2)C1. The van der Waals surface area contributed by atoms with Gasteiger partial charge in [-0.3, -0.25) is 10.0 Å². The number of hydroxylamine groups is 1. The van der Waals surface area contributed by atoms with E-state index in [1.807, 2.05) is 12.1 Å². The van der Waals surface area contributed by atoms with Gasteiger partial charge in [-0.05, 0) is 72.6 Å². The van der Waals surface area contributed by atoms with Gasteiger partial charge in [-0.1, -0.05) is 45.2 Å². The molecule has 4 nitrogen and oxygen atoms in total. The smallest absolute Gasteiger partial charge is 0.274 e. The normalized spacial score (nSPS) is 22.3. The van der Waals surface area contributed by atoms with E-state index in [1.165, 1.54) is 37.7 Å². The van der Waals surface area contributed by atoms with Gasteiger partial charge in [0.25, 0.3) is 5.91 Å². The zero-order chi connectivity index (χ0) is 19.2. The molecule has 0 aromatic heterocycles. The Labute approximate surface area is 161 Å². The first-order chi connectivity index (χ1) is 13.1. The number of rotatable bonds is 6. The molecule has 1 aliphatic rings. The first kappa shape index (κ1) is 19.4. The van der Waals surface area contributed by atoms with Crippen molar-refractivity contribution in [1.29, 1.82) is 0 Å².